The number of nitrogens with one attached hydrogen (secondary N) is 1. The number of rotatable bonds is 5. The van der Waals surface area contributed by atoms with Gasteiger partial charge in [0.15, 0.2) is 17.1 Å². The number of methoxy groups -OCH3 is 3. The Hall–Kier alpha value is -3.29. The van der Waals surface area contributed by atoms with Gasteiger partial charge < -0.3 is 24.3 Å². The number of imidazole rings is 1. The Morgan fingerprint density at radius 1 is 1.00 bits per heavy atom. The van der Waals surface area contributed by atoms with Crippen LogP contribution in [0.1, 0.15) is 16.2 Å². The second kappa shape index (κ2) is 6.31. The molecule has 2 aromatic heterocycles. The largest absolute Gasteiger partial charge is 0.496 e. The highest BCUT2D eigenvalue weighted by Crippen LogP contribution is 2.40. The van der Waals surface area contributed by atoms with Crippen molar-refractivity contribution in [1.82, 2.24) is 15.0 Å². The topological polar surface area (TPSA) is 107 Å². The summed E-state index contributed by atoms with van der Waals surface area (Å²) in [6, 6.07) is 4.83. The lowest BCUT2D eigenvalue weighted by atomic mass is 10.1. The normalized spacial score (nSPS) is 10.7. The number of carboxylic acid groups (broad SMARTS) is 1. The standard InChI is InChI=1S/C17H17N3O5/c1-8-18-15-10(17(21)22)5-11(20-16(15)19-8)9-6-13(24-3)14(25-4)7-12(9)23-2/h5-7H,1-4H3,(H,21,22)(H,18,19,20). The Morgan fingerprint density at radius 2 is 1.64 bits per heavy atom. The number of aromatic carboxylic acids is 1. The minimum Gasteiger partial charge on any atom is -0.496 e. The lowest BCUT2D eigenvalue weighted by molar-refractivity contribution is 0.0699. The van der Waals surface area contributed by atoms with E-state index in [4.69, 9.17) is 14.2 Å². The molecule has 3 aromatic rings. The van der Waals surface area contributed by atoms with Crippen LogP contribution in [0, 0.1) is 6.92 Å². The molecule has 130 valence electrons. The molecule has 8 heteroatoms. The molecule has 0 bridgehead atoms. The number of benzene rings is 1. The van der Waals surface area contributed by atoms with Crippen molar-refractivity contribution in [1.29, 1.82) is 0 Å². The molecular formula is C17H17N3O5. The van der Waals surface area contributed by atoms with Gasteiger partial charge in [-0.15, -0.1) is 0 Å². The van der Waals surface area contributed by atoms with E-state index in [0.29, 0.717) is 45.5 Å². The predicted octanol–water partition coefficient (Wildman–Crippen LogP) is 2.66. The molecule has 2 heterocycles. The van der Waals surface area contributed by atoms with E-state index in [9.17, 15) is 9.90 Å². The number of hydrogen-bond acceptors (Lipinski definition) is 6. The second-order valence-electron chi connectivity index (χ2n) is 5.29. The highest BCUT2D eigenvalue weighted by atomic mass is 16.5. The summed E-state index contributed by atoms with van der Waals surface area (Å²) in [6.45, 7) is 1.74. The van der Waals surface area contributed by atoms with Crippen molar-refractivity contribution in [3.05, 3.63) is 29.6 Å². The number of carboxylic acids is 1. The molecule has 3 rings (SSSR count). The lowest BCUT2D eigenvalue weighted by Crippen LogP contribution is -2.01. The third-order valence-corrected chi connectivity index (χ3v) is 3.79. The molecule has 25 heavy (non-hydrogen) atoms. The highest BCUT2D eigenvalue weighted by Gasteiger charge is 2.20. The van der Waals surface area contributed by atoms with Crippen LogP contribution in [0.25, 0.3) is 22.4 Å². The van der Waals surface area contributed by atoms with E-state index in [-0.39, 0.29) is 5.56 Å². The molecule has 0 aliphatic carbocycles. The van der Waals surface area contributed by atoms with Crippen LogP contribution >= 0.6 is 0 Å². The fraction of sp³-hybridized carbons (Fsp3) is 0.235. The molecule has 0 spiro atoms. The molecule has 0 fully saturated rings. The average Bonchev–Trinajstić information content (AvgIpc) is 2.99. The highest BCUT2D eigenvalue weighted by molar-refractivity contribution is 6.01. The van der Waals surface area contributed by atoms with E-state index in [1.54, 1.807) is 19.1 Å². The van der Waals surface area contributed by atoms with Crippen molar-refractivity contribution in [3.8, 4) is 28.5 Å². The summed E-state index contributed by atoms with van der Waals surface area (Å²) in [5, 5.41) is 9.52. The fourth-order valence-electron chi connectivity index (χ4n) is 2.64. The maximum absolute atomic E-state index is 11.6. The maximum atomic E-state index is 11.6. The SMILES string of the molecule is COc1cc(OC)c(-c2cc(C(=O)O)c3[nH]c(C)nc3n2)cc1OC. The Labute approximate surface area is 143 Å². The third-order valence-electron chi connectivity index (χ3n) is 3.79. The Bertz CT molecular complexity index is 965. The first-order chi connectivity index (χ1) is 12.0. The molecular weight excluding hydrogens is 326 g/mol. The summed E-state index contributed by atoms with van der Waals surface area (Å²) in [7, 11) is 4.56. The van der Waals surface area contributed by atoms with Gasteiger partial charge in [-0.3, -0.25) is 0 Å². The van der Waals surface area contributed by atoms with Crippen LogP contribution in [-0.4, -0.2) is 47.4 Å². The van der Waals surface area contributed by atoms with E-state index in [1.807, 2.05) is 0 Å². The molecule has 0 saturated heterocycles. The third kappa shape index (κ3) is 2.82. The smallest absolute Gasteiger partial charge is 0.338 e. The van der Waals surface area contributed by atoms with Crippen LogP contribution in [0.15, 0.2) is 18.2 Å². The first-order valence-corrected chi connectivity index (χ1v) is 7.39. The molecule has 8 nitrogen and oxygen atoms in total. The number of aromatic amines is 1. The molecule has 0 atom stereocenters. The first kappa shape index (κ1) is 16.6. The number of aromatic nitrogens is 3. The number of fused-ring (bicyclic) bond motifs is 1. The van der Waals surface area contributed by atoms with Gasteiger partial charge in [0.05, 0.1) is 38.1 Å². The van der Waals surface area contributed by atoms with Crippen molar-refractivity contribution >= 4 is 17.1 Å². The summed E-state index contributed by atoms with van der Waals surface area (Å²) in [6.07, 6.45) is 0. The number of hydrogen-bond donors (Lipinski definition) is 2. The summed E-state index contributed by atoms with van der Waals surface area (Å²) in [4.78, 5) is 23.3. The fourth-order valence-corrected chi connectivity index (χ4v) is 2.64. The average molecular weight is 343 g/mol. The van der Waals surface area contributed by atoms with Crippen LogP contribution in [-0.2, 0) is 0 Å². The molecule has 0 aliphatic rings. The van der Waals surface area contributed by atoms with E-state index in [2.05, 4.69) is 15.0 Å². The monoisotopic (exact) mass is 343 g/mol. The zero-order valence-corrected chi connectivity index (χ0v) is 14.2. The molecule has 0 radical (unpaired) electrons. The summed E-state index contributed by atoms with van der Waals surface area (Å²) in [5.74, 6) is 0.972. The van der Waals surface area contributed by atoms with Gasteiger partial charge in [-0.2, -0.15) is 0 Å². The van der Waals surface area contributed by atoms with Crippen molar-refractivity contribution in [2.24, 2.45) is 0 Å². The minimum atomic E-state index is -1.07. The van der Waals surface area contributed by atoms with Gasteiger partial charge in [0, 0.05) is 11.6 Å². The van der Waals surface area contributed by atoms with Crippen LogP contribution in [0.5, 0.6) is 17.2 Å². The van der Waals surface area contributed by atoms with E-state index < -0.39 is 5.97 Å². The zero-order valence-electron chi connectivity index (χ0n) is 14.2. The summed E-state index contributed by atoms with van der Waals surface area (Å²) in [5.41, 5.74) is 1.77. The summed E-state index contributed by atoms with van der Waals surface area (Å²) < 4.78 is 16.0. The number of nitrogens with zero attached hydrogens (tertiary/aromatic N) is 2. The zero-order chi connectivity index (χ0) is 18.1. The van der Waals surface area contributed by atoms with Gasteiger partial charge in [0.1, 0.15) is 11.6 Å². The number of carbonyl (C=O) groups is 1. The van der Waals surface area contributed by atoms with Gasteiger partial charge in [0.25, 0.3) is 0 Å². The van der Waals surface area contributed by atoms with Crippen LogP contribution in [0.3, 0.4) is 0 Å². The van der Waals surface area contributed by atoms with E-state index in [1.165, 1.54) is 27.4 Å². The Kier molecular flexibility index (Phi) is 4.18. The van der Waals surface area contributed by atoms with E-state index in [0.717, 1.165) is 0 Å². The Morgan fingerprint density at radius 3 is 2.24 bits per heavy atom. The van der Waals surface area contributed by atoms with E-state index >= 15 is 0 Å². The quantitative estimate of drug-likeness (QED) is 0.733. The molecule has 2 N–H and O–H groups in total. The van der Waals surface area contributed by atoms with Crippen molar-refractivity contribution < 1.29 is 24.1 Å². The summed E-state index contributed by atoms with van der Waals surface area (Å²) >= 11 is 0. The maximum Gasteiger partial charge on any atom is 0.338 e. The molecule has 0 aliphatic heterocycles. The van der Waals surface area contributed by atoms with Gasteiger partial charge in [-0.1, -0.05) is 0 Å². The Balaban J connectivity index is 2.30. The van der Waals surface area contributed by atoms with Crippen molar-refractivity contribution in [3.63, 3.8) is 0 Å². The minimum absolute atomic E-state index is 0.0810. The number of ether oxygens (including phenoxy) is 3. The van der Waals surface area contributed by atoms with Crippen LogP contribution in [0.2, 0.25) is 0 Å². The van der Waals surface area contributed by atoms with Gasteiger partial charge in [-0.05, 0) is 19.1 Å². The predicted molar refractivity (Wildman–Crippen MR) is 90.7 cm³/mol. The van der Waals surface area contributed by atoms with Crippen molar-refractivity contribution in [2.75, 3.05) is 21.3 Å². The van der Waals surface area contributed by atoms with Crippen molar-refractivity contribution in [2.45, 2.75) is 6.92 Å². The number of pyridine rings is 1. The lowest BCUT2D eigenvalue weighted by Gasteiger charge is -2.14. The first-order valence-electron chi connectivity index (χ1n) is 7.39. The van der Waals surface area contributed by atoms with Crippen LogP contribution < -0.4 is 14.2 Å². The molecule has 0 saturated carbocycles. The van der Waals surface area contributed by atoms with Gasteiger partial charge in [-0.25, -0.2) is 14.8 Å². The number of aryl methyl sites for hydroxylation is 1. The molecule has 0 unspecified atom stereocenters. The van der Waals surface area contributed by atoms with Crippen LogP contribution in [0.4, 0.5) is 0 Å². The van der Waals surface area contributed by atoms with Gasteiger partial charge >= 0.3 is 5.97 Å². The molecule has 0 amide bonds. The molecule has 1 aromatic carbocycles. The number of H-pyrrole nitrogens is 1. The second-order valence-corrected chi connectivity index (χ2v) is 5.29. The van der Waals surface area contributed by atoms with Gasteiger partial charge in [0.2, 0.25) is 0 Å².